The van der Waals surface area contributed by atoms with Crippen LogP contribution in [0.2, 0.25) is 0 Å². The van der Waals surface area contributed by atoms with Crippen molar-refractivity contribution in [3.63, 3.8) is 0 Å². The Bertz CT molecular complexity index is 2190. The lowest BCUT2D eigenvalue weighted by atomic mass is 9.53. The van der Waals surface area contributed by atoms with Crippen LogP contribution in [0.3, 0.4) is 0 Å². The molecule has 6 heteroatoms. The Hall–Kier alpha value is -6.13. The molecule has 0 radical (unpaired) electrons. The summed E-state index contributed by atoms with van der Waals surface area (Å²) in [5.41, 5.74) is 17.6. The lowest BCUT2D eigenvalue weighted by molar-refractivity contribution is 1.36. The summed E-state index contributed by atoms with van der Waals surface area (Å²) in [6.45, 7) is -0.0626. The zero-order valence-electron chi connectivity index (χ0n) is 26.1. The predicted octanol–water partition coefficient (Wildman–Crippen LogP) is 9.02. The molecule has 0 spiro atoms. The van der Waals surface area contributed by atoms with E-state index in [-0.39, 0.29) is 14.0 Å². The van der Waals surface area contributed by atoms with Gasteiger partial charge in [-0.1, -0.05) is 109 Å². The molecule has 222 valence electrons. The molecule has 7 aromatic rings. The molecule has 4 heterocycles. The van der Waals surface area contributed by atoms with Gasteiger partial charge in [-0.25, -0.2) is 0 Å². The van der Waals surface area contributed by atoms with Gasteiger partial charge in [0.1, 0.15) is 0 Å². The maximum absolute atomic E-state index is 2.55. The van der Waals surface area contributed by atoms with Crippen LogP contribution in [0, 0.1) is 0 Å². The molecule has 0 bridgehead atoms. The number of hydrogen-bond donors (Lipinski definition) is 0. The average molecular weight is 610 g/mol. The van der Waals surface area contributed by atoms with Gasteiger partial charge in [0.15, 0.2) is 0 Å². The first-order chi connectivity index (χ1) is 23.9. The molecule has 0 atom stereocenters. The summed E-state index contributed by atoms with van der Waals surface area (Å²) in [4.78, 5) is 10.2. The van der Waals surface area contributed by atoms with Crippen LogP contribution in [-0.4, -0.2) is 14.0 Å². The number of fused-ring (bicyclic) bond motifs is 17. The van der Waals surface area contributed by atoms with Crippen LogP contribution in [0.5, 0.6) is 0 Å². The monoisotopic (exact) mass is 610 g/mol. The van der Waals surface area contributed by atoms with E-state index in [1.807, 2.05) is 0 Å². The number of nitrogens with zero attached hydrogens (tertiary/aromatic N) is 4. The minimum Gasteiger partial charge on any atom is -0.360 e. The Labute approximate surface area is 281 Å². The van der Waals surface area contributed by atoms with E-state index in [1.54, 1.807) is 0 Å². The van der Waals surface area contributed by atoms with Crippen LogP contribution >= 0.6 is 0 Å². The van der Waals surface area contributed by atoms with Gasteiger partial charge >= 0.3 is 14.0 Å². The number of rotatable bonds is 2. The molecule has 0 unspecified atom stereocenters. The van der Waals surface area contributed by atoms with Gasteiger partial charge in [-0.15, -0.1) is 0 Å². The Morgan fingerprint density at radius 2 is 0.583 bits per heavy atom. The normalized spacial score (nSPS) is 14.4. The molecule has 0 N–H and O–H groups in total. The number of hydrogen-bond acceptors (Lipinski definition) is 4. The Morgan fingerprint density at radius 1 is 0.271 bits per heavy atom. The lowest BCUT2D eigenvalue weighted by Crippen LogP contribution is -2.59. The zero-order valence-corrected chi connectivity index (χ0v) is 26.1. The van der Waals surface area contributed by atoms with E-state index in [9.17, 15) is 0 Å². The summed E-state index contributed by atoms with van der Waals surface area (Å²) in [5, 5.41) is 0. The molecular weight excluding hydrogens is 582 g/mol. The van der Waals surface area contributed by atoms with Crippen molar-refractivity contribution in [3.05, 3.63) is 170 Å². The fourth-order valence-corrected chi connectivity index (χ4v) is 8.75. The molecule has 0 amide bonds. The van der Waals surface area contributed by atoms with E-state index in [2.05, 4.69) is 189 Å². The molecule has 4 nitrogen and oxygen atoms in total. The molecule has 11 rings (SSSR count). The van der Waals surface area contributed by atoms with Gasteiger partial charge in [-0.05, 0) is 82.7 Å². The minimum absolute atomic E-state index is 0.0313. The van der Waals surface area contributed by atoms with Gasteiger partial charge in [0.25, 0.3) is 0 Å². The third-order valence-electron chi connectivity index (χ3n) is 10.5. The molecule has 0 aromatic heterocycles. The molecule has 0 saturated carbocycles. The first-order valence-corrected chi connectivity index (χ1v) is 16.7. The molecule has 0 fully saturated rings. The first kappa shape index (κ1) is 26.0. The molecule has 4 aliphatic heterocycles. The summed E-state index contributed by atoms with van der Waals surface area (Å²) < 4.78 is 0. The van der Waals surface area contributed by atoms with Crippen molar-refractivity contribution in [3.8, 4) is 22.3 Å². The van der Waals surface area contributed by atoms with E-state index in [0.717, 1.165) is 0 Å². The summed E-state index contributed by atoms with van der Waals surface area (Å²) >= 11 is 0. The Balaban J connectivity index is 1.23. The van der Waals surface area contributed by atoms with Crippen molar-refractivity contribution in [1.82, 2.24) is 0 Å². The third-order valence-corrected chi connectivity index (χ3v) is 10.5. The molecule has 4 aliphatic rings. The summed E-state index contributed by atoms with van der Waals surface area (Å²) in [6, 6.07) is 62.3. The third kappa shape index (κ3) is 3.31. The average Bonchev–Trinajstić information content (AvgIpc) is 3.70. The summed E-state index contributed by atoms with van der Waals surface area (Å²) in [6.07, 6.45) is 0. The van der Waals surface area contributed by atoms with Crippen LogP contribution in [0.15, 0.2) is 170 Å². The van der Waals surface area contributed by atoms with Crippen molar-refractivity contribution in [2.24, 2.45) is 0 Å². The van der Waals surface area contributed by atoms with E-state index in [4.69, 9.17) is 0 Å². The molecule has 0 aliphatic carbocycles. The predicted molar refractivity (Wildman–Crippen MR) is 202 cm³/mol. The first-order valence-electron chi connectivity index (χ1n) is 16.7. The van der Waals surface area contributed by atoms with E-state index in [0.29, 0.717) is 0 Å². The van der Waals surface area contributed by atoms with Crippen LogP contribution in [0.25, 0.3) is 22.3 Å². The number of anilines is 8. The van der Waals surface area contributed by atoms with Gasteiger partial charge in [0.2, 0.25) is 0 Å². The highest BCUT2D eigenvalue weighted by Gasteiger charge is 2.52. The van der Waals surface area contributed by atoms with E-state index >= 15 is 0 Å². The van der Waals surface area contributed by atoms with Gasteiger partial charge in [-0.3, -0.25) is 0 Å². The van der Waals surface area contributed by atoms with Crippen molar-refractivity contribution in [2.45, 2.75) is 0 Å². The van der Waals surface area contributed by atoms with Crippen LogP contribution in [0.4, 0.5) is 45.5 Å². The minimum atomic E-state index is -0.0313. The fourth-order valence-electron chi connectivity index (χ4n) is 8.75. The maximum Gasteiger partial charge on any atom is 0.421 e. The topological polar surface area (TPSA) is 13.0 Å². The number of para-hydroxylation sites is 8. The Kier molecular flexibility index (Phi) is 5.25. The number of benzene rings is 7. The van der Waals surface area contributed by atoms with E-state index < -0.39 is 0 Å². The SMILES string of the molecule is c1ccc(N2B3c4ccc5c(c4-c4ccccc4N3c3ccccc32)-c2ccccc2N2B5N(c3ccccc3)c3ccccc32)cc1. The van der Waals surface area contributed by atoms with Crippen LogP contribution in [0.1, 0.15) is 0 Å². The van der Waals surface area contributed by atoms with Crippen molar-refractivity contribution in [1.29, 1.82) is 0 Å². The van der Waals surface area contributed by atoms with Crippen LogP contribution in [-0.2, 0) is 0 Å². The molecule has 0 saturated heterocycles. The fraction of sp³-hybridized carbons (Fsp3) is 0. The lowest BCUT2D eigenvalue weighted by Gasteiger charge is -2.41. The highest BCUT2D eigenvalue weighted by Crippen LogP contribution is 2.55. The van der Waals surface area contributed by atoms with Gasteiger partial charge in [0.05, 0.1) is 22.7 Å². The van der Waals surface area contributed by atoms with Gasteiger partial charge < -0.3 is 19.2 Å². The second-order valence-electron chi connectivity index (χ2n) is 12.9. The van der Waals surface area contributed by atoms with Crippen molar-refractivity contribution >= 4 is 70.4 Å². The molecular formula is C42H28B2N4. The summed E-state index contributed by atoms with van der Waals surface area (Å²) in [7, 11) is 0. The van der Waals surface area contributed by atoms with Crippen molar-refractivity contribution < 1.29 is 0 Å². The van der Waals surface area contributed by atoms with Crippen molar-refractivity contribution in [2.75, 3.05) is 19.2 Å². The second kappa shape index (κ2) is 9.69. The second-order valence-corrected chi connectivity index (χ2v) is 12.9. The highest BCUT2D eigenvalue weighted by atomic mass is 15.3. The zero-order chi connectivity index (χ0) is 31.3. The van der Waals surface area contributed by atoms with E-state index in [1.165, 1.54) is 78.7 Å². The molecule has 7 aromatic carbocycles. The Morgan fingerprint density at radius 3 is 0.979 bits per heavy atom. The van der Waals surface area contributed by atoms with Gasteiger partial charge in [-0.2, -0.15) is 0 Å². The smallest absolute Gasteiger partial charge is 0.360 e. The maximum atomic E-state index is 2.55. The standard InChI is InChI=1S/C42H28B2N4/c1-3-15-29(16-4-1)45-37-23-11-13-25-39(37)47-35-21-9-7-19-31(35)41-33(43(45)47)27-28-34-42(41)32-20-8-10-22-36(32)48-40-26-14-12-24-38(40)46(44(34)48)30-17-5-2-6-18-30/h1-28H. The highest BCUT2D eigenvalue weighted by molar-refractivity contribution is 6.89. The summed E-state index contributed by atoms with van der Waals surface area (Å²) in [5.74, 6) is 0. The quantitative estimate of drug-likeness (QED) is 0.181. The largest absolute Gasteiger partial charge is 0.421 e. The molecule has 48 heavy (non-hydrogen) atoms. The van der Waals surface area contributed by atoms with Crippen LogP contribution < -0.4 is 30.2 Å². The van der Waals surface area contributed by atoms with Gasteiger partial charge in [0, 0.05) is 33.9 Å².